The topological polar surface area (TPSA) is 62.3 Å². The summed E-state index contributed by atoms with van der Waals surface area (Å²) in [5, 5.41) is 2.86. The number of pyridine rings is 1. The maximum absolute atomic E-state index is 12.6. The lowest BCUT2D eigenvalue weighted by atomic mass is 10.1. The fourth-order valence-electron chi connectivity index (χ4n) is 2.35. The van der Waals surface area contributed by atoms with Gasteiger partial charge in [0.2, 0.25) is 5.91 Å². The molecule has 1 aromatic carbocycles. The predicted octanol–water partition coefficient (Wildman–Crippen LogP) is 3.36. The van der Waals surface area contributed by atoms with Gasteiger partial charge < -0.3 is 10.2 Å². The van der Waals surface area contributed by atoms with Crippen molar-refractivity contribution in [1.82, 2.24) is 9.88 Å². The number of aryl methyl sites for hydroxylation is 2. The van der Waals surface area contributed by atoms with Crippen molar-refractivity contribution in [3.8, 4) is 0 Å². The average Bonchev–Trinajstić information content (AvgIpc) is 2.57. The molecule has 2 aromatic rings. The Morgan fingerprint density at radius 2 is 1.88 bits per heavy atom. The summed E-state index contributed by atoms with van der Waals surface area (Å²) in [4.78, 5) is 30.7. The van der Waals surface area contributed by atoms with Crippen LogP contribution in [0.25, 0.3) is 0 Å². The quantitative estimate of drug-likeness (QED) is 0.908. The Kier molecular flexibility index (Phi) is 5.91. The first kappa shape index (κ1) is 18.6. The number of aromatic nitrogens is 1. The number of nitrogens with one attached hydrogen (secondary N) is 1. The van der Waals surface area contributed by atoms with E-state index in [1.54, 1.807) is 24.2 Å². The highest BCUT2D eigenvalue weighted by Gasteiger charge is 2.17. The minimum absolute atomic E-state index is 0.0497. The normalized spacial score (nSPS) is 10.6. The van der Waals surface area contributed by atoms with Crippen LogP contribution in [0, 0.1) is 13.8 Å². The van der Waals surface area contributed by atoms with Gasteiger partial charge in [-0.1, -0.05) is 12.1 Å². The van der Waals surface area contributed by atoms with E-state index in [2.05, 4.69) is 10.3 Å². The average molecular weight is 339 g/mol. The summed E-state index contributed by atoms with van der Waals surface area (Å²) in [6, 6.07) is 9.29. The molecule has 0 aliphatic heterocycles. The minimum Gasteiger partial charge on any atom is -0.339 e. The molecule has 2 amide bonds. The standard InChI is InChI=1S/C20H25N3O2/c1-13(2)23(5)20(25)18-11-17(9-6-14(18)3)22-19(24)10-16-8-7-15(4)21-12-16/h6-9,11-13H,10H2,1-5H3,(H,22,24). The van der Waals surface area contributed by atoms with Crippen molar-refractivity contribution in [2.24, 2.45) is 0 Å². The number of hydrogen-bond donors (Lipinski definition) is 1. The van der Waals surface area contributed by atoms with Crippen molar-refractivity contribution in [1.29, 1.82) is 0 Å². The summed E-state index contributed by atoms with van der Waals surface area (Å²) >= 11 is 0. The van der Waals surface area contributed by atoms with E-state index < -0.39 is 0 Å². The number of carbonyl (C=O) groups excluding carboxylic acids is 2. The third-order valence-corrected chi connectivity index (χ3v) is 4.18. The van der Waals surface area contributed by atoms with Crippen LogP contribution in [0.3, 0.4) is 0 Å². The van der Waals surface area contributed by atoms with E-state index in [1.807, 2.05) is 52.0 Å². The molecule has 1 heterocycles. The molecule has 5 nitrogen and oxygen atoms in total. The van der Waals surface area contributed by atoms with Crippen LogP contribution in [0.4, 0.5) is 5.69 Å². The molecule has 0 radical (unpaired) electrons. The van der Waals surface area contributed by atoms with Crippen LogP contribution in [0.15, 0.2) is 36.5 Å². The second-order valence-electron chi connectivity index (χ2n) is 6.57. The van der Waals surface area contributed by atoms with Crippen molar-refractivity contribution in [3.05, 3.63) is 58.9 Å². The molecule has 0 aliphatic rings. The van der Waals surface area contributed by atoms with Crippen molar-refractivity contribution < 1.29 is 9.59 Å². The molecule has 0 aliphatic carbocycles. The maximum Gasteiger partial charge on any atom is 0.254 e. The Labute approximate surface area is 149 Å². The van der Waals surface area contributed by atoms with Crippen molar-refractivity contribution in [2.75, 3.05) is 12.4 Å². The van der Waals surface area contributed by atoms with Gasteiger partial charge in [0, 0.05) is 36.2 Å². The number of nitrogens with zero attached hydrogens (tertiary/aromatic N) is 2. The van der Waals surface area contributed by atoms with Crippen molar-refractivity contribution >= 4 is 17.5 Å². The lowest BCUT2D eigenvalue weighted by Crippen LogP contribution is -2.33. The SMILES string of the molecule is Cc1ccc(CC(=O)Nc2ccc(C)c(C(=O)N(C)C(C)C)c2)cn1. The number of benzene rings is 1. The predicted molar refractivity (Wildman–Crippen MR) is 99.7 cm³/mol. The third kappa shape index (κ3) is 4.89. The van der Waals surface area contributed by atoms with Gasteiger partial charge in [-0.25, -0.2) is 0 Å². The van der Waals surface area contributed by atoms with Crippen LogP contribution in [-0.2, 0) is 11.2 Å². The molecule has 0 spiro atoms. The molecule has 0 saturated heterocycles. The fourth-order valence-corrected chi connectivity index (χ4v) is 2.35. The van der Waals surface area contributed by atoms with E-state index in [9.17, 15) is 9.59 Å². The minimum atomic E-state index is -0.134. The first-order chi connectivity index (χ1) is 11.8. The van der Waals surface area contributed by atoms with Crippen LogP contribution in [0.5, 0.6) is 0 Å². The number of anilines is 1. The fraction of sp³-hybridized carbons (Fsp3) is 0.350. The maximum atomic E-state index is 12.6. The van der Waals surface area contributed by atoms with Crippen LogP contribution in [-0.4, -0.2) is 34.8 Å². The second-order valence-corrected chi connectivity index (χ2v) is 6.57. The molecule has 1 aromatic heterocycles. The second kappa shape index (κ2) is 7.92. The summed E-state index contributed by atoms with van der Waals surface area (Å²) in [7, 11) is 1.78. The smallest absolute Gasteiger partial charge is 0.254 e. The van der Waals surface area contributed by atoms with Crippen LogP contribution < -0.4 is 5.32 Å². The number of carbonyl (C=O) groups is 2. The molecule has 0 fully saturated rings. The molecule has 0 saturated carbocycles. The summed E-state index contributed by atoms with van der Waals surface area (Å²) in [5.41, 5.74) is 3.88. The molecule has 0 atom stereocenters. The number of hydrogen-bond acceptors (Lipinski definition) is 3. The zero-order chi connectivity index (χ0) is 18.6. The summed E-state index contributed by atoms with van der Waals surface area (Å²) in [5.74, 6) is -0.184. The van der Waals surface area contributed by atoms with Gasteiger partial charge in [0.25, 0.3) is 5.91 Å². The van der Waals surface area contributed by atoms with E-state index in [-0.39, 0.29) is 24.3 Å². The van der Waals surface area contributed by atoms with E-state index in [0.717, 1.165) is 16.8 Å². The van der Waals surface area contributed by atoms with E-state index >= 15 is 0 Å². The van der Waals surface area contributed by atoms with Gasteiger partial charge in [-0.15, -0.1) is 0 Å². The molecule has 0 unspecified atom stereocenters. The Hall–Kier alpha value is -2.69. The van der Waals surface area contributed by atoms with E-state index in [0.29, 0.717) is 11.3 Å². The van der Waals surface area contributed by atoms with Gasteiger partial charge in [-0.2, -0.15) is 0 Å². The molecular formula is C20H25N3O2. The number of amides is 2. The van der Waals surface area contributed by atoms with Gasteiger partial charge in [0.05, 0.1) is 6.42 Å². The molecule has 5 heteroatoms. The Bertz CT molecular complexity index is 767. The molecule has 132 valence electrons. The Morgan fingerprint density at radius 1 is 1.16 bits per heavy atom. The summed E-state index contributed by atoms with van der Waals surface area (Å²) in [6.45, 7) is 7.73. The molecule has 2 rings (SSSR count). The molecule has 0 bridgehead atoms. The zero-order valence-corrected chi connectivity index (χ0v) is 15.5. The molecule has 1 N–H and O–H groups in total. The highest BCUT2D eigenvalue weighted by molar-refractivity contribution is 5.98. The highest BCUT2D eigenvalue weighted by atomic mass is 16.2. The third-order valence-electron chi connectivity index (χ3n) is 4.18. The van der Waals surface area contributed by atoms with Gasteiger partial charge in [-0.3, -0.25) is 14.6 Å². The van der Waals surface area contributed by atoms with Gasteiger partial charge in [0.1, 0.15) is 0 Å². The van der Waals surface area contributed by atoms with Crippen LogP contribution >= 0.6 is 0 Å². The Morgan fingerprint density at radius 3 is 2.48 bits per heavy atom. The lowest BCUT2D eigenvalue weighted by Gasteiger charge is -2.22. The van der Waals surface area contributed by atoms with Crippen LogP contribution in [0.2, 0.25) is 0 Å². The lowest BCUT2D eigenvalue weighted by molar-refractivity contribution is -0.115. The molecule has 25 heavy (non-hydrogen) atoms. The van der Waals surface area contributed by atoms with Gasteiger partial charge in [-0.05, 0) is 57.0 Å². The Balaban J connectivity index is 2.12. The number of rotatable bonds is 5. The van der Waals surface area contributed by atoms with E-state index in [1.165, 1.54) is 0 Å². The van der Waals surface area contributed by atoms with Crippen molar-refractivity contribution in [3.63, 3.8) is 0 Å². The highest BCUT2D eigenvalue weighted by Crippen LogP contribution is 2.18. The molecular weight excluding hydrogens is 314 g/mol. The van der Waals surface area contributed by atoms with Crippen LogP contribution in [0.1, 0.15) is 41.0 Å². The van der Waals surface area contributed by atoms with Crippen molar-refractivity contribution in [2.45, 2.75) is 40.2 Å². The zero-order valence-electron chi connectivity index (χ0n) is 15.5. The first-order valence-corrected chi connectivity index (χ1v) is 8.37. The summed E-state index contributed by atoms with van der Waals surface area (Å²) < 4.78 is 0. The first-order valence-electron chi connectivity index (χ1n) is 8.37. The monoisotopic (exact) mass is 339 g/mol. The summed E-state index contributed by atoms with van der Waals surface area (Å²) in [6.07, 6.45) is 1.95. The van der Waals surface area contributed by atoms with Gasteiger partial charge in [0.15, 0.2) is 0 Å². The van der Waals surface area contributed by atoms with E-state index in [4.69, 9.17) is 0 Å². The van der Waals surface area contributed by atoms with Gasteiger partial charge >= 0.3 is 0 Å². The largest absolute Gasteiger partial charge is 0.339 e.